The number of pyridine rings is 1. The maximum atomic E-state index is 11.2. The molecule has 2 heterocycles. The van der Waals surface area contributed by atoms with E-state index in [1.807, 2.05) is 6.92 Å². The van der Waals surface area contributed by atoms with Gasteiger partial charge in [-0.15, -0.1) is 0 Å². The van der Waals surface area contributed by atoms with E-state index >= 15 is 0 Å². The third-order valence-electron chi connectivity index (χ3n) is 3.32. The summed E-state index contributed by atoms with van der Waals surface area (Å²) in [5.74, 6) is 0.955. The van der Waals surface area contributed by atoms with Crippen molar-refractivity contribution in [3.8, 4) is 0 Å². The zero-order chi connectivity index (χ0) is 13.5. The van der Waals surface area contributed by atoms with Crippen molar-refractivity contribution in [3.05, 3.63) is 23.4 Å². The number of aryl methyl sites for hydroxylation is 2. The van der Waals surface area contributed by atoms with E-state index in [1.165, 1.54) is 12.0 Å². The fourth-order valence-electron chi connectivity index (χ4n) is 2.32. The first-order valence-corrected chi connectivity index (χ1v) is 7.18. The number of esters is 1. The van der Waals surface area contributed by atoms with Crippen molar-refractivity contribution in [2.45, 2.75) is 45.4 Å². The molecular weight excluding hydrogens is 240 g/mol. The molecule has 1 aliphatic rings. The van der Waals surface area contributed by atoms with Crippen LogP contribution >= 0.6 is 0 Å². The lowest BCUT2D eigenvalue weighted by molar-refractivity contribution is -0.143. The van der Waals surface area contributed by atoms with Crippen LogP contribution in [0.3, 0.4) is 0 Å². The number of ether oxygens (including phenoxy) is 1. The van der Waals surface area contributed by atoms with Gasteiger partial charge in [-0.25, -0.2) is 4.98 Å². The highest BCUT2D eigenvalue weighted by Gasteiger charge is 2.10. The Kier molecular flexibility index (Phi) is 5.19. The molecule has 0 fully saturated rings. The van der Waals surface area contributed by atoms with Gasteiger partial charge in [-0.2, -0.15) is 0 Å². The minimum absolute atomic E-state index is 0.0948. The number of rotatable bonds is 6. The minimum Gasteiger partial charge on any atom is -0.466 e. The van der Waals surface area contributed by atoms with Gasteiger partial charge in [-0.1, -0.05) is 6.07 Å². The van der Waals surface area contributed by atoms with E-state index in [4.69, 9.17) is 4.74 Å². The largest absolute Gasteiger partial charge is 0.466 e. The topological polar surface area (TPSA) is 51.2 Å². The molecule has 0 aromatic carbocycles. The zero-order valence-electron chi connectivity index (χ0n) is 11.6. The SMILES string of the molecule is CCOC(=O)CCCCc1ccc2c(n1)NCCC2. The van der Waals surface area contributed by atoms with Gasteiger partial charge in [0.05, 0.1) is 6.61 Å². The number of hydrogen-bond donors (Lipinski definition) is 1. The first-order chi connectivity index (χ1) is 9.29. The van der Waals surface area contributed by atoms with Crippen LogP contribution < -0.4 is 5.32 Å². The van der Waals surface area contributed by atoms with Crippen molar-refractivity contribution in [1.82, 2.24) is 4.98 Å². The van der Waals surface area contributed by atoms with Gasteiger partial charge < -0.3 is 10.1 Å². The highest BCUT2D eigenvalue weighted by molar-refractivity contribution is 5.69. The monoisotopic (exact) mass is 262 g/mol. The number of anilines is 1. The van der Waals surface area contributed by atoms with Gasteiger partial charge in [0.1, 0.15) is 5.82 Å². The lowest BCUT2D eigenvalue weighted by Crippen LogP contribution is -2.14. The van der Waals surface area contributed by atoms with Gasteiger partial charge >= 0.3 is 5.97 Å². The van der Waals surface area contributed by atoms with Crippen LogP contribution in [-0.4, -0.2) is 24.1 Å². The number of unbranched alkanes of at least 4 members (excludes halogenated alkanes) is 1. The maximum Gasteiger partial charge on any atom is 0.305 e. The molecule has 1 N–H and O–H groups in total. The molecule has 0 radical (unpaired) electrons. The second-order valence-corrected chi connectivity index (χ2v) is 4.85. The first kappa shape index (κ1) is 13.8. The van der Waals surface area contributed by atoms with Crippen LogP contribution in [0.25, 0.3) is 0 Å². The minimum atomic E-state index is -0.0948. The van der Waals surface area contributed by atoms with E-state index in [9.17, 15) is 4.79 Å². The molecule has 0 spiro atoms. The van der Waals surface area contributed by atoms with Crippen LogP contribution in [0.4, 0.5) is 5.82 Å². The van der Waals surface area contributed by atoms with Gasteiger partial charge in [0, 0.05) is 18.7 Å². The van der Waals surface area contributed by atoms with Gasteiger partial charge in [-0.3, -0.25) is 4.79 Å². The second kappa shape index (κ2) is 7.12. The number of carbonyl (C=O) groups is 1. The molecule has 0 bridgehead atoms. The Morgan fingerprint density at radius 2 is 2.32 bits per heavy atom. The quantitative estimate of drug-likeness (QED) is 0.632. The Balaban J connectivity index is 1.75. The van der Waals surface area contributed by atoms with E-state index in [2.05, 4.69) is 22.4 Å². The van der Waals surface area contributed by atoms with Crippen molar-refractivity contribution in [1.29, 1.82) is 0 Å². The molecule has 2 rings (SSSR count). The average Bonchev–Trinajstić information content (AvgIpc) is 2.44. The third-order valence-corrected chi connectivity index (χ3v) is 3.32. The Bertz CT molecular complexity index is 432. The summed E-state index contributed by atoms with van der Waals surface area (Å²) in [5.41, 5.74) is 2.43. The first-order valence-electron chi connectivity index (χ1n) is 7.18. The molecule has 0 amide bonds. The van der Waals surface area contributed by atoms with E-state index in [1.54, 1.807) is 0 Å². The van der Waals surface area contributed by atoms with Crippen LogP contribution in [0.15, 0.2) is 12.1 Å². The summed E-state index contributed by atoms with van der Waals surface area (Å²) in [5, 5.41) is 3.34. The lowest BCUT2D eigenvalue weighted by atomic mass is 10.1. The highest BCUT2D eigenvalue weighted by Crippen LogP contribution is 2.20. The van der Waals surface area contributed by atoms with Gasteiger partial charge in [0.2, 0.25) is 0 Å². The molecule has 1 aromatic heterocycles. The van der Waals surface area contributed by atoms with Crippen LogP contribution in [0.1, 0.15) is 43.9 Å². The van der Waals surface area contributed by atoms with Crippen molar-refractivity contribution >= 4 is 11.8 Å². The second-order valence-electron chi connectivity index (χ2n) is 4.85. The summed E-state index contributed by atoms with van der Waals surface area (Å²) in [4.78, 5) is 15.8. The van der Waals surface area contributed by atoms with Gasteiger partial charge in [0.15, 0.2) is 0 Å². The fraction of sp³-hybridized carbons (Fsp3) is 0.600. The van der Waals surface area contributed by atoms with Crippen LogP contribution in [-0.2, 0) is 22.4 Å². The molecular formula is C15H22N2O2. The molecule has 4 nitrogen and oxygen atoms in total. The standard InChI is InChI=1S/C15H22N2O2/c1-2-19-14(18)8-4-3-7-13-10-9-12-6-5-11-16-15(12)17-13/h9-10H,2-8,11H2,1H3,(H,16,17). The number of hydrogen-bond acceptors (Lipinski definition) is 4. The van der Waals surface area contributed by atoms with Crippen molar-refractivity contribution in [2.75, 3.05) is 18.5 Å². The smallest absolute Gasteiger partial charge is 0.305 e. The molecule has 0 unspecified atom stereocenters. The summed E-state index contributed by atoms with van der Waals surface area (Å²) in [7, 11) is 0. The van der Waals surface area contributed by atoms with E-state index < -0.39 is 0 Å². The third kappa shape index (κ3) is 4.23. The van der Waals surface area contributed by atoms with Crippen molar-refractivity contribution < 1.29 is 9.53 Å². The highest BCUT2D eigenvalue weighted by atomic mass is 16.5. The molecule has 4 heteroatoms. The Morgan fingerprint density at radius 1 is 1.42 bits per heavy atom. The summed E-state index contributed by atoms with van der Waals surface area (Å²) in [6, 6.07) is 4.28. The van der Waals surface area contributed by atoms with Crippen molar-refractivity contribution in [3.63, 3.8) is 0 Å². The van der Waals surface area contributed by atoms with E-state index in [-0.39, 0.29) is 5.97 Å². The molecule has 1 aromatic rings. The van der Waals surface area contributed by atoms with Crippen molar-refractivity contribution in [2.24, 2.45) is 0 Å². The van der Waals surface area contributed by atoms with Crippen LogP contribution in [0.2, 0.25) is 0 Å². The molecule has 0 saturated carbocycles. The van der Waals surface area contributed by atoms with Crippen LogP contribution in [0.5, 0.6) is 0 Å². The van der Waals surface area contributed by atoms with Gasteiger partial charge in [0.25, 0.3) is 0 Å². The summed E-state index contributed by atoms with van der Waals surface area (Å²) in [6.07, 6.45) is 5.59. The van der Waals surface area contributed by atoms with E-state index in [0.29, 0.717) is 13.0 Å². The number of aromatic nitrogens is 1. The maximum absolute atomic E-state index is 11.2. The normalized spacial score (nSPS) is 13.5. The number of nitrogens with one attached hydrogen (secondary N) is 1. The Labute approximate surface area is 114 Å². The van der Waals surface area contributed by atoms with E-state index in [0.717, 1.165) is 43.7 Å². The Hall–Kier alpha value is -1.58. The van der Waals surface area contributed by atoms with Gasteiger partial charge in [-0.05, 0) is 50.7 Å². The lowest BCUT2D eigenvalue weighted by Gasteiger charge is -2.17. The summed E-state index contributed by atoms with van der Waals surface area (Å²) < 4.78 is 4.90. The molecule has 0 aliphatic carbocycles. The molecule has 19 heavy (non-hydrogen) atoms. The fourth-order valence-corrected chi connectivity index (χ4v) is 2.32. The average molecular weight is 262 g/mol. The van der Waals surface area contributed by atoms with Crippen LogP contribution in [0, 0.1) is 0 Å². The summed E-state index contributed by atoms with van der Waals surface area (Å²) >= 11 is 0. The Morgan fingerprint density at radius 3 is 3.16 bits per heavy atom. The summed E-state index contributed by atoms with van der Waals surface area (Å²) in [6.45, 7) is 3.32. The molecule has 0 saturated heterocycles. The number of nitrogens with zero attached hydrogens (tertiary/aromatic N) is 1. The predicted molar refractivity (Wildman–Crippen MR) is 75.2 cm³/mol. The molecule has 104 valence electrons. The molecule has 1 aliphatic heterocycles. The predicted octanol–water partition coefficient (Wildman–Crippen LogP) is 2.72. The zero-order valence-corrected chi connectivity index (χ0v) is 11.6. The number of carbonyl (C=O) groups excluding carboxylic acids is 1. The molecule has 0 atom stereocenters. The number of fused-ring (bicyclic) bond motifs is 1.